The van der Waals surface area contributed by atoms with Gasteiger partial charge in [-0.2, -0.15) is 5.26 Å². The van der Waals surface area contributed by atoms with Gasteiger partial charge in [0.05, 0.1) is 0 Å². The lowest BCUT2D eigenvalue weighted by atomic mass is 10.2. The van der Waals surface area contributed by atoms with E-state index in [1.165, 1.54) is 19.2 Å². The molecule has 0 heterocycles. The van der Waals surface area contributed by atoms with Crippen LogP contribution in [0.15, 0.2) is 23.1 Å². The molecule has 7 heteroatoms. The lowest BCUT2D eigenvalue weighted by Crippen LogP contribution is -2.30. The van der Waals surface area contributed by atoms with Crippen LogP contribution in [-0.4, -0.2) is 51.9 Å². The van der Waals surface area contributed by atoms with E-state index in [4.69, 9.17) is 5.26 Å². The Balaban J connectivity index is 3.00. The van der Waals surface area contributed by atoms with Crippen molar-refractivity contribution in [3.05, 3.63) is 29.6 Å². The minimum absolute atomic E-state index is 0.285. The van der Waals surface area contributed by atoms with Gasteiger partial charge in [-0.25, -0.2) is 17.1 Å². The Kier molecular flexibility index (Phi) is 5.62. The fourth-order valence-corrected chi connectivity index (χ4v) is 3.08. The van der Waals surface area contributed by atoms with Crippen molar-refractivity contribution in [1.29, 1.82) is 5.26 Å². The second-order valence-electron chi connectivity index (χ2n) is 4.71. The van der Waals surface area contributed by atoms with Crippen molar-refractivity contribution in [3.63, 3.8) is 0 Å². The Morgan fingerprint density at radius 1 is 1.25 bits per heavy atom. The SMILES string of the molecule is CN(C)CCCN(C)S(=O)(=O)c1cccc(F)c1C#N. The largest absolute Gasteiger partial charge is 0.309 e. The third kappa shape index (κ3) is 3.76. The molecule has 1 aromatic carbocycles. The van der Waals surface area contributed by atoms with E-state index in [2.05, 4.69) is 0 Å². The summed E-state index contributed by atoms with van der Waals surface area (Å²) >= 11 is 0. The van der Waals surface area contributed by atoms with Crippen LogP contribution in [0.2, 0.25) is 0 Å². The molecule has 0 aliphatic rings. The van der Waals surface area contributed by atoms with E-state index < -0.39 is 21.4 Å². The molecule has 0 spiro atoms. The summed E-state index contributed by atoms with van der Waals surface area (Å²) in [7, 11) is 1.37. The maximum Gasteiger partial charge on any atom is 0.244 e. The molecule has 0 saturated heterocycles. The van der Waals surface area contributed by atoms with Crippen molar-refractivity contribution in [1.82, 2.24) is 9.21 Å². The van der Waals surface area contributed by atoms with E-state index in [0.29, 0.717) is 13.0 Å². The molecule has 0 radical (unpaired) electrons. The summed E-state index contributed by atoms with van der Waals surface area (Å²) in [5.41, 5.74) is -0.438. The smallest absolute Gasteiger partial charge is 0.244 e. The zero-order chi connectivity index (χ0) is 15.3. The number of hydrogen-bond donors (Lipinski definition) is 0. The molecule has 0 saturated carbocycles. The molecule has 1 aromatic rings. The van der Waals surface area contributed by atoms with Crippen molar-refractivity contribution in [2.24, 2.45) is 0 Å². The molecule has 0 amide bonds. The summed E-state index contributed by atoms with van der Waals surface area (Å²) in [6.45, 7) is 1.05. The Morgan fingerprint density at radius 2 is 1.90 bits per heavy atom. The lowest BCUT2D eigenvalue weighted by Gasteiger charge is -2.19. The molecule has 20 heavy (non-hydrogen) atoms. The normalized spacial score (nSPS) is 11.8. The Hall–Kier alpha value is -1.49. The van der Waals surface area contributed by atoms with E-state index in [-0.39, 0.29) is 4.90 Å². The average Bonchev–Trinajstić information content (AvgIpc) is 2.37. The van der Waals surface area contributed by atoms with E-state index in [9.17, 15) is 12.8 Å². The van der Waals surface area contributed by atoms with Crippen LogP contribution in [0.1, 0.15) is 12.0 Å². The highest BCUT2D eigenvalue weighted by Crippen LogP contribution is 2.21. The van der Waals surface area contributed by atoms with Crippen LogP contribution in [0.5, 0.6) is 0 Å². The molecule has 0 aliphatic heterocycles. The second kappa shape index (κ2) is 6.79. The first-order chi connectivity index (χ1) is 9.30. The monoisotopic (exact) mass is 299 g/mol. The van der Waals surface area contributed by atoms with Crippen LogP contribution in [0.25, 0.3) is 0 Å². The number of hydrogen-bond acceptors (Lipinski definition) is 4. The summed E-state index contributed by atoms with van der Waals surface area (Å²) in [6, 6.07) is 5.22. The van der Waals surface area contributed by atoms with E-state index in [1.54, 1.807) is 6.07 Å². The fourth-order valence-electron chi connectivity index (χ4n) is 1.73. The Morgan fingerprint density at radius 3 is 2.45 bits per heavy atom. The Labute approximate surface area is 119 Å². The highest BCUT2D eigenvalue weighted by atomic mass is 32.2. The summed E-state index contributed by atoms with van der Waals surface area (Å²) in [6.07, 6.45) is 0.653. The molecule has 0 aromatic heterocycles. The van der Waals surface area contributed by atoms with E-state index in [1.807, 2.05) is 19.0 Å². The van der Waals surface area contributed by atoms with Gasteiger partial charge in [0.1, 0.15) is 22.3 Å². The first kappa shape index (κ1) is 16.6. The van der Waals surface area contributed by atoms with Crippen LogP contribution in [0.3, 0.4) is 0 Å². The standard InChI is InChI=1S/C13H18FN3O2S/c1-16(2)8-5-9-17(3)20(18,19)13-7-4-6-12(14)11(13)10-15/h4,6-7H,5,8-9H2,1-3H3. The van der Waals surface area contributed by atoms with Crippen LogP contribution in [0.4, 0.5) is 4.39 Å². The van der Waals surface area contributed by atoms with Crippen molar-refractivity contribution in [2.75, 3.05) is 34.2 Å². The van der Waals surface area contributed by atoms with Crippen molar-refractivity contribution < 1.29 is 12.8 Å². The van der Waals surface area contributed by atoms with Crippen LogP contribution in [-0.2, 0) is 10.0 Å². The average molecular weight is 299 g/mol. The molecule has 0 fully saturated rings. The van der Waals surface area contributed by atoms with Gasteiger partial charge in [-0.15, -0.1) is 0 Å². The van der Waals surface area contributed by atoms with Gasteiger partial charge in [-0.3, -0.25) is 0 Å². The first-order valence-corrected chi connectivity index (χ1v) is 7.54. The zero-order valence-electron chi connectivity index (χ0n) is 11.8. The van der Waals surface area contributed by atoms with Gasteiger partial charge in [0.15, 0.2) is 0 Å². The molecule has 0 unspecified atom stereocenters. The zero-order valence-corrected chi connectivity index (χ0v) is 12.6. The minimum atomic E-state index is -3.85. The quantitative estimate of drug-likeness (QED) is 0.793. The maximum absolute atomic E-state index is 13.5. The number of nitriles is 1. The third-order valence-corrected chi connectivity index (χ3v) is 4.75. The van der Waals surface area contributed by atoms with Crippen molar-refractivity contribution >= 4 is 10.0 Å². The van der Waals surface area contributed by atoms with Gasteiger partial charge in [-0.05, 0) is 39.2 Å². The number of nitrogens with zero attached hydrogens (tertiary/aromatic N) is 3. The Bertz CT molecular complexity index is 609. The molecule has 0 N–H and O–H groups in total. The fraction of sp³-hybridized carbons (Fsp3) is 0.462. The van der Waals surface area contributed by atoms with Gasteiger partial charge >= 0.3 is 0 Å². The van der Waals surface area contributed by atoms with E-state index >= 15 is 0 Å². The summed E-state index contributed by atoms with van der Waals surface area (Å²) in [5, 5.41) is 8.91. The molecule has 110 valence electrons. The summed E-state index contributed by atoms with van der Waals surface area (Å²) in [5.74, 6) is -0.824. The molecule has 0 aliphatic carbocycles. The molecular weight excluding hydrogens is 281 g/mol. The number of benzene rings is 1. The first-order valence-electron chi connectivity index (χ1n) is 6.10. The van der Waals surface area contributed by atoms with Crippen LogP contribution in [0, 0.1) is 17.1 Å². The minimum Gasteiger partial charge on any atom is -0.309 e. The lowest BCUT2D eigenvalue weighted by molar-refractivity contribution is 0.370. The predicted octanol–water partition coefficient (Wildman–Crippen LogP) is 1.27. The highest BCUT2D eigenvalue weighted by molar-refractivity contribution is 7.89. The van der Waals surface area contributed by atoms with Crippen molar-refractivity contribution in [2.45, 2.75) is 11.3 Å². The predicted molar refractivity (Wildman–Crippen MR) is 74.1 cm³/mol. The summed E-state index contributed by atoms with van der Waals surface area (Å²) < 4.78 is 39.3. The molecule has 0 bridgehead atoms. The number of halogens is 1. The number of sulfonamides is 1. The molecule has 0 atom stereocenters. The highest BCUT2D eigenvalue weighted by Gasteiger charge is 2.25. The van der Waals surface area contributed by atoms with Crippen LogP contribution >= 0.6 is 0 Å². The summed E-state index contributed by atoms with van der Waals surface area (Å²) in [4.78, 5) is 1.66. The van der Waals surface area contributed by atoms with Gasteiger partial charge in [0.25, 0.3) is 0 Å². The second-order valence-corrected chi connectivity index (χ2v) is 6.72. The topological polar surface area (TPSA) is 64.4 Å². The van der Waals surface area contributed by atoms with Crippen molar-refractivity contribution in [3.8, 4) is 6.07 Å². The van der Waals surface area contributed by atoms with Gasteiger partial charge in [0, 0.05) is 13.6 Å². The third-order valence-electron chi connectivity index (χ3n) is 2.85. The van der Waals surface area contributed by atoms with Gasteiger partial charge in [0.2, 0.25) is 10.0 Å². The maximum atomic E-state index is 13.5. The number of rotatable bonds is 6. The molecule has 5 nitrogen and oxygen atoms in total. The van der Waals surface area contributed by atoms with Gasteiger partial charge in [-0.1, -0.05) is 6.07 Å². The van der Waals surface area contributed by atoms with E-state index in [0.717, 1.165) is 16.9 Å². The molecular formula is C13H18FN3O2S. The van der Waals surface area contributed by atoms with Crippen LogP contribution < -0.4 is 0 Å². The molecule has 1 rings (SSSR count). The van der Waals surface area contributed by atoms with Gasteiger partial charge < -0.3 is 4.90 Å².